The van der Waals surface area contributed by atoms with E-state index in [9.17, 15) is 13.2 Å². The normalized spacial score (nSPS) is 15.8. The summed E-state index contributed by atoms with van der Waals surface area (Å²) in [5.74, 6) is 0.183. The molecule has 0 atom stereocenters. The van der Waals surface area contributed by atoms with Crippen molar-refractivity contribution >= 4 is 27.3 Å². The van der Waals surface area contributed by atoms with Crippen LogP contribution in [0.1, 0.15) is 35.9 Å². The number of carbonyl (C=O) groups excluding carboxylic acids is 1. The van der Waals surface area contributed by atoms with Gasteiger partial charge < -0.3 is 4.90 Å². The second kappa shape index (κ2) is 7.76. The summed E-state index contributed by atoms with van der Waals surface area (Å²) < 4.78 is 25.2. The average Bonchev–Trinajstić information content (AvgIpc) is 2.62. The molecule has 1 amide bonds. The van der Waals surface area contributed by atoms with E-state index in [1.807, 2.05) is 0 Å². The SMILES string of the molecule is CC1CCN(C(=O)c2cccc(CS(=O)(=O)c3ccccc3Cl)n2)CC1. The summed E-state index contributed by atoms with van der Waals surface area (Å²) in [6.45, 7) is 3.61. The van der Waals surface area contributed by atoms with Gasteiger partial charge in [-0.15, -0.1) is 0 Å². The molecule has 2 heterocycles. The number of hydrogen-bond donors (Lipinski definition) is 0. The first kappa shape index (κ1) is 18.9. The first-order chi connectivity index (χ1) is 12.4. The molecule has 1 fully saturated rings. The second-order valence-corrected chi connectivity index (χ2v) is 9.04. The number of benzene rings is 1. The maximum absolute atomic E-state index is 12.6. The van der Waals surface area contributed by atoms with Gasteiger partial charge in [-0.2, -0.15) is 0 Å². The van der Waals surface area contributed by atoms with Crippen LogP contribution in [0.4, 0.5) is 0 Å². The molecule has 7 heteroatoms. The molecular weight excluding hydrogens is 372 g/mol. The number of pyridine rings is 1. The number of likely N-dealkylation sites (tertiary alicyclic amines) is 1. The van der Waals surface area contributed by atoms with E-state index in [1.54, 1.807) is 41.3 Å². The topological polar surface area (TPSA) is 67.3 Å². The van der Waals surface area contributed by atoms with Crippen molar-refractivity contribution in [1.29, 1.82) is 0 Å². The Morgan fingerprint density at radius 3 is 2.54 bits per heavy atom. The number of aromatic nitrogens is 1. The molecule has 0 radical (unpaired) electrons. The van der Waals surface area contributed by atoms with Crippen LogP contribution < -0.4 is 0 Å². The largest absolute Gasteiger partial charge is 0.337 e. The Labute approximate surface area is 158 Å². The van der Waals surface area contributed by atoms with Gasteiger partial charge in [0.25, 0.3) is 5.91 Å². The standard InChI is InChI=1S/C19H21ClN2O3S/c1-14-9-11-22(12-10-14)19(23)17-7-4-5-15(21-17)13-26(24,25)18-8-3-2-6-16(18)20/h2-8,14H,9-13H2,1H3. The Bertz CT molecular complexity index is 907. The molecule has 26 heavy (non-hydrogen) atoms. The van der Waals surface area contributed by atoms with E-state index in [1.165, 1.54) is 6.07 Å². The number of rotatable bonds is 4. The zero-order valence-electron chi connectivity index (χ0n) is 14.6. The molecule has 138 valence electrons. The number of nitrogens with zero attached hydrogens (tertiary/aromatic N) is 2. The van der Waals surface area contributed by atoms with Crippen molar-refractivity contribution in [2.75, 3.05) is 13.1 Å². The zero-order chi connectivity index (χ0) is 18.7. The lowest BCUT2D eigenvalue weighted by Gasteiger charge is -2.30. The molecule has 1 saturated heterocycles. The van der Waals surface area contributed by atoms with E-state index in [-0.39, 0.29) is 27.3 Å². The predicted octanol–water partition coefficient (Wildman–Crippen LogP) is 3.58. The van der Waals surface area contributed by atoms with E-state index in [4.69, 9.17) is 11.6 Å². The average molecular weight is 393 g/mol. The molecule has 0 N–H and O–H groups in total. The lowest BCUT2D eigenvalue weighted by Crippen LogP contribution is -2.38. The lowest BCUT2D eigenvalue weighted by molar-refractivity contribution is 0.0691. The smallest absolute Gasteiger partial charge is 0.272 e. The number of amides is 1. The van der Waals surface area contributed by atoms with Crippen LogP contribution in [-0.4, -0.2) is 37.3 Å². The van der Waals surface area contributed by atoms with Gasteiger partial charge >= 0.3 is 0 Å². The molecular formula is C19H21ClN2O3S. The maximum atomic E-state index is 12.6. The van der Waals surface area contributed by atoms with Gasteiger partial charge in [0.05, 0.1) is 21.4 Å². The number of carbonyl (C=O) groups is 1. The predicted molar refractivity (Wildman–Crippen MR) is 101 cm³/mol. The quantitative estimate of drug-likeness (QED) is 0.797. The molecule has 1 aliphatic rings. The van der Waals surface area contributed by atoms with Gasteiger partial charge in [-0.3, -0.25) is 4.79 Å². The van der Waals surface area contributed by atoms with Crippen molar-refractivity contribution in [2.24, 2.45) is 5.92 Å². The molecule has 5 nitrogen and oxygen atoms in total. The number of hydrogen-bond acceptors (Lipinski definition) is 4. The second-order valence-electron chi connectivity index (χ2n) is 6.68. The van der Waals surface area contributed by atoms with Crippen LogP contribution in [0, 0.1) is 5.92 Å². The summed E-state index contributed by atoms with van der Waals surface area (Å²) >= 11 is 6.01. The van der Waals surface area contributed by atoms with Crippen LogP contribution in [0.15, 0.2) is 47.4 Å². The van der Waals surface area contributed by atoms with E-state index in [0.717, 1.165) is 12.8 Å². The van der Waals surface area contributed by atoms with Crippen molar-refractivity contribution in [3.63, 3.8) is 0 Å². The molecule has 1 aromatic carbocycles. The summed E-state index contributed by atoms with van der Waals surface area (Å²) in [5, 5.41) is 0.183. The van der Waals surface area contributed by atoms with Crippen LogP contribution in [0.5, 0.6) is 0 Å². The first-order valence-electron chi connectivity index (χ1n) is 8.59. The lowest BCUT2D eigenvalue weighted by atomic mass is 9.99. The van der Waals surface area contributed by atoms with E-state index >= 15 is 0 Å². The Morgan fingerprint density at radius 1 is 1.15 bits per heavy atom. The van der Waals surface area contributed by atoms with E-state index < -0.39 is 9.84 Å². The van der Waals surface area contributed by atoms with Gasteiger partial charge in [0, 0.05) is 13.1 Å². The van der Waals surface area contributed by atoms with Crippen molar-refractivity contribution in [2.45, 2.75) is 30.4 Å². The molecule has 0 saturated carbocycles. The third-order valence-electron chi connectivity index (χ3n) is 4.61. The Balaban J connectivity index is 1.79. The van der Waals surface area contributed by atoms with Crippen molar-refractivity contribution < 1.29 is 13.2 Å². The fraction of sp³-hybridized carbons (Fsp3) is 0.368. The summed E-state index contributed by atoms with van der Waals surface area (Å²) in [6, 6.07) is 11.2. The minimum atomic E-state index is -3.64. The number of piperidine rings is 1. The monoisotopic (exact) mass is 392 g/mol. The fourth-order valence-electron chi connectivity index (χ4n) is 3.02. The van der Waals surface area contributed by atoms with Gasteiger partial charge in [0.1, 0.15) is 5.69 Å². The van der Waals surface area contributed by atoms with Crippen LogP contribution in [-0.2, 0) is 15.6 Å². The maximum Gasteiger partial charge on any atom is 0.272 e. The fourth-order valence-corrected chi connectivity index (χ4v) is 4.87. The van der Waals surface area contributed by atoms with Crippen LogP contribution >= 0.6 is 11.6 Å². The van der Waals surface area contributed by atoms with Crippen molar-refractivity contribution in [1.82, 2.24) is 9.88 Å². The van der Waals surface area contributed by atoms with Gasteiger partial charge in [0.2, 0.25) is 0 Å². The molecule has 0 spiro atoms. The summed E-state index contributed by atoms with van der Waals surface area (Å²) in [5.41, 5.74) is 0.618. The third-order valence-corrected chi connectivity index (χ3v) is 6.75. The minimum Gasteiger partial charge on any atom is -0.337 e. The van der Waals surface area contributed by atoms with Crippen molar-refractivity contribution in [3.05, 3.63) is 58.9 Å². The van der Waals surface area contributed by atoms with Gasteiger partial charge in [0.15, 0.2) is 9.84 Å². The highest BCUT2D eigenvalue weighted by atomic mass is 35.5. The van der Waals surface area contributed by atoms with E-state index in [0.29, 0.717) is 24.7 Å². The summed E-state index contributed by atoms with van der Waals surface area (Å²) in [6.07, 6.45) is 1.96. The molecule has 0 aliphatic carbocycles. The minimum absolute atomic E-state index is 0.0743. The van der Waals surface area contributed by atoms with Crippen molar-refractivity contribution in [3.8, 4) is 0 Å². The Hall–Kier alpha value is -1.92. The summed E-state index contributed by atoms with van der Waals surface area (Å²) in [7, 11) is -3.64. The molecule has 2 aromatic rings. The third kappa shape index (κ3) is 4.24. The van der Waals surface area contributed by atoms with Crippen LogP contribution in [0.25, 0.3) is 0 Å². The van der Waals surface area contributed by atoms with Gasteiger partial charge in [-0.25, -0.2) is 13.4 Å². The van der Waals surface area contributed by atoms with E-state index in [2.05, 4.69) is 11.9 Å². The number of halogens is 1. The van der Waals surface area contributed by atoms with Crippen LogP contribution in [0.2, 0.25) is 5.02 Å². The Morgan fingerprint density at radius 2 is 1.85 bits per heavy atom. The highest BCUT2D eigenvalue weighted by molar-refractivity contribution is 7.90. The zero-order valence-corrected chi connectivity index (χ0v) is 16.1. The van der Waals surface area contributed by atoms with Gasteiger partial charge in [-0.05, 0) is 43.0 Å². The highest BCUT2D eigenvalue weighted by Gasteiger charge is 2.24. The molecule has 3 rings (SSSR count). The molecule has 0 unspecified atom stereocenters. The number of sulfone groups is 1. The molecule has 1 aromatic heterocycles. The molecule has 1 aliphatic heterocycles. The Kier molecular flexibility index (Phi) is 5.63. The van der Waals surface area contributed by atoms with Crippen LogP contribution in [0.3, 0.4) is 0 Å². The first-order valence-corrected chi connectivity index (χ1v) is 10.6. The van der Waals surface area contributed by atoms with Gasteiger partial charge in [-0.1, -0.05) is 36.7 Å². The highest BCUT2D eigenvalue weighted by Crippen LogP contribution is 2.24. The molecule has 0 bridgehead atoms. The summed E-state index contributed by atoms with van der Waals surface area (Å²) in [4.78, 5) is 18.8.